The molecule has 1 heterocycles. The normalized spacial score (nSPS) is 11.2. The van der Waals surface area contributed by atoms with E-state index >= 15 is 0 Å². The van der Waals surface area contributed by atoms with Crippen molar-refractivity contribution in [3.63, 3.8) is 0 Å². The summed E-state index contributed by atoms with van der Waals surface area (Å²) in [6, 6.07) is 3.31. The number of carbonyl (C=O) groups is 1. The van der Waals surface area contributed by atoms with Gasteiger partial charge in [0.25, 0.3) is 0 Å². The number of halogens is 3. The maximum Gasteiger partial charge on any atom is 1.00 e. The molecule has 0 bridgehead atoms. The Bertz CT molecular complexity index is 600. The third-order valence-corrected chi connectivity index (χ3v) is 2.55. The minimum Gasteiger partial charge on any atom is -0.468 e. The summed E-state index contributed by atoms with van der Waals surface area (Å²) in [5, 5.41) is 4.20. The van der Waals surface area contributed by atoms with Gasteiger partial charge in [0, 0.05) is 5.39 Å². The number of esters is 1. The van der Waals surface area contributed by atoms with E-state index in [1.807, 2.05) is 0 Å². The summed E-state index contributed by atoms with van der Waals surface area (Å²) in [6.07, 6.45) is 1.30. The molecule has 4 nitrogen and oxygen atoms in total. The zero-order chi connectivity index (χ0) is 13.3. The Balaban J connectivity index is 0.00000180. The largest absolute Gasteiger partial charge is 1.00 e. The van der Waals surface area contributed by atoms with Crippen LogP contribution in [0.25, 0.3) is 10.9 Å². The first kappa shape index (κ1) is 16.7. The van der Waals surface area contributed by atoms with Gasteiger partial charge >= 0.3 is 64.3 Å². The molecule has 0 fully saturated rings. The summed E-state index contributed by atoms with van der Waals surface area (Å²) in [6.45, 7) is -5.16. The van der Waals surface area contributed by atoms with Crippen LogP contribution in [0.4, 0.5) is 12.9 Å². The van der Waals surface area contributed by atoms with Crippen LogP contribution < -0.4 is 56.8 Å². The van der Waals surface area contributed by atoms with Gasteiger partial charge in [0.05, 0.1) is 18.8 Å². The molecule has 0 amide bonds. The van der Waals surface area contributed by atoms with Gasteiger partial charge in [0.1, 0.15) is 6.54 Å². The molecule has 0 radical (unpaired) electrons. The Labute approximate surface area is 149 Å². The first-order valence-electron chi connectivity index (χ1n) is 5.14. The van der Waals surface area contributed by atoms with Crippen LogP contribution in [0.5, 0.6) is 0 Å². The molecule has 0 aliphatic heterocycles. The molecule has 9 heteroatoms. The summed E-state index contributed by atoms with van der Waals surface area (Å²) in [5.41, 5.74) is -0.218. The third kappa shape index (κ3) is 3.82. The molecular weight excluding hydrogens is 287 g/mol. The van der Waals surface area contributed by atoms with Crippen LogP contribution in [-0.4, -0.2) is 29.8 Å². The quantitative estimate of drug-likeness (QED) is 0.499. The molecule has 2 aromatic rings. The van der Waals surface area contributed by atoms with E-state index < -0.39 is 18.4 Å². The van der Waals surface area contributed by atoms with Crippen molar-refractivity contribution in [2.24, 2.45) is 0 Å². The fourth-order valence-electron chi connectivity index (χ4n) is 1.62. The van der Waals surface area contributed by atoms with Gasteiger partial charge in [-0.2, -0.15) is 5.10 Å². The topological polar surface area (TPSA) is 44.1 Å². The van der Waals surface area contributed by atoms with Gasteiger partial charge in [-0.15, -0.1) is 5.46 Å². The van der Waals surface area contributed by atoms with Crippen molar-refractivity contribution < 1.29 is 73.9 Å². The molecule has 2 rings (SSSR count). The third-order valence-electron chi connectivity index (χ3n) is 2.55. The van der Waals surface area contributed by atoms with E-state index in [0.717, 1.165) is 12.1 Å². The van der Waals surface area contributed by atoms with Crippen LogP contribution in [-0.2, 0) is 16.1 Å². The smallest absolute Gasteiger partial charge is 0.468 e. The van der Waals surface area contributed by atoms with Gasteiger partial charge in [0.2, 0.25) is 0 Å². The molecule has 0 aliphatic carbocycles. The summed E-state index contributed by atoms with van der Waals surface area (Å²) < 4.78 is 43.4. The monoisotopic (exact) mass is 296 g/mol. The van der Waals surface area contributed by atoms with E-state index in [4.69, 9.17) is 0 Å². The summed E-state index contributed by atoms with van der Waals surface area (Å²) in [7, 11) is 1.23. The Hall–Kier alpha value is -0.349. The number of benzene rings is 1. The van der Waals surface area contributed by atoms with Crippen LogP contribution in [0.1, 0.15) is 0 Å². The Morgan fingerprint density at radius 1 is 1.42 bits per heavy atom. The van der Waals surface area contributed by atoms with Gasteiger partial charge in [0.15, 0.2) is 0 Å². The van der Waals surface area contributed by atoms with Crippen molar-refractivity contribution in [1.29, 1.82) is 0 Å². The van der Waals surface area contributed by atoms with E-state index in [0.29, 0.717) is 10.9 Å². The molecule has 0 N–H and O–H groups in total. The number of hydrogen-bond acceptors (Lipinski definition) is 3. The standard InChI is InChI=1S/C10H9BF3N2O2.K/c1-18-10(17)6-16-9-3-2-8(11(12,13)14)4-7(9)5-15-16;/h2-5H,6H2,1H3;/q-1;+1. The average molecular weight is 296 g/mol. The molecule has 0 spiro atoms. The van der Waals surface area contributed by atoms with Crippen molar-refractivity contribution >= 4 is 29.3 Å². The minimum atomic E-state index is -5.03. The first-order valence-corrected chi connectivity index (χ1v) is 5.14. The SMILES string of the molecule is COC(=O)Cn1ncc2cc([B-](F)(F)F)ccc21.[K+]. The summed E-state index contributed by atoms with van der Waals surface area (Å²) >= 11 is 0. The van der Waals surface area contributed by atoms with E-state index in [9.17, 15) is 17.7 Å². The van der Waals surface area contributed by atoms with E-state index in [1.54, 1.807) is 0 Å². The van der Waals surface area contributed by atoms with Gasteiger partial charge in [-0.1, -0.05) is 12.1 Å². The van der Waals surface area contributed by atoms with Gasteiger partial charge < -0.3 is 17.7 Å². The van der Waals surface area contributed by atoms with Crippen molar-refractivity contribution in [2.75, 3.05) is 7.11 Å². The Kier molecular flexibility index (Phi) is 5.63. The fraction of sp³-hybridized carbons (Fsp3) is 0.200. The molecule has 0 atom stereocenters. The summed E-state index contributed by atoms with van der Waals surface area (Å²) in [5.74, 6) is -0.510. The average Bonchev–Trinajstić information content (AvgIpc) is 2.70. The zero-order valence-electron chi connectivity index (χ0n) is 10.4. The van der Waals surface area contributed by atoms with E-state index in [-0.39, 0.29) is 57.9 Å². The van der Waals surface area contributed by atoms with Crippen molar-refractivity contribution in [2.45, 2.75) is 6.54 Å². The van der Waals surface area contributed by atoms with Crippen molar-refractivity contribution in [1.82, 2.24) is 9.78 Å². The molecule has 0 unspecified atom stereocenters. The number of methoxy groups -OCH3 is 1. The zero-order valence-corrected chi connectivity index (χ0v) is 13.6. The number of ether oxygens (including phenoxy) is 1. The van der Waals surface area contributed by atoms with E-state index in [2.05, 4.69) is 9.84 Å². The number of fused-ring (bicyclic) bond motifs is 1. The van der Waals surface area contributed by atoms with Crippen LogP contribution >= 0.6 is 0 Å². The number of carbonyl (C=O) groups excluding carboxylic acids is 1. The fourth-order valence-corrected chi connectivity index (χ4v) is 1.62. The second kappa shape index (κ2) is 6.40. The number of hydrogen-bond donors (Lipinski definition) is 0. The Morgan fingerprint density at radius 3 is 2.68 bits per heavy atom. The van der Waals surface area contributed by atoms with Crippen molar-refractivity contribution in [3.8, 4) is 0 Å². The second-order valence-corrected chi connectivity index (χ2v) is 3.77. The number of rotatable bonds is 3. The maximum absolute atomic E-state index is 12.5. The van der Waals surface area contributed by atoms with Crippen LogP contribution in [0.15, 0.2) is 24.4 Å². The molecule has 1 aromatic heterocycles. The van der Waals surface area contributed by atoms with Crippen LogP contribution in [0.2, 0.25) is 0 Å². The predicted molar refractivity (Wildman–Crippen MR) is 60.5 cm³/mol. The molecule has 96 valence electrons. The van der Waals surface area contributed by atoms with E-state index in [1.165, 1.54) is 24.1 Å². The number of nitrogens with zero attached hydrogens (tertiary/aromatic N) is 2. The maximum atomic E-state index is 12.5. The summed E-state index contributed by atoms with van der Waals surface area (Å²) in [4.78, 5) is 11.1. The van der Waals surface area contributed by atoms with Gasteiger partial charge in [-0.05, 0) is 6.07 Å². The molecular formula is C10H9BF3KN2O2. The molecule has 1 aromatic carbocycles. The second-order valence-electron chi connectivity index (χ2n) is 3.77. The van der Waals surface area contributed by atoms with Crippen LogP contribution in [0.3, 0.4) is 0 Å². The predicted octanol–water partition coefficient (Wildman–Crippen LogP) is -1.73. The number of aromatic nitrogens is 2. The Morgan fingerprint density at radius 2 is 2.11 bits per heavy atom. The molecule has 19 heavy (non-hydrogen) atoms. The van der Waals surface area contributed by atoms with Crippen LogP contribution in [0, 0.1) is 0 Å². The van der Waals surface area contributed by atoms with Gasteiger partial charge in [-0.25, -0.2) is 0 Å². The molecule has 0 saturated carbocycles. The van der Waals surface area contributed by atoms with Gasteiger partial charge in [-0.3, -0.25) is 9.48 Å². The molecule has 0 aliphatic rings. The first-order chi connectivity index (χ1) is 8.41. The van der Waals surface area contributed by atoms with Crippen molar-refractivity contribution in [3.05, 3.63) is 24.4 Å². The minimum absolute atomic E-state index is 0. The molecule has 0 saturated heterocycles.